The maximum Gasteiger partial charge on any atom is 0.320 e. The van der Waals surface area contributed by atoms with Gasteiger partial charge >= 0.3 is 5.97 Å². The van der Waals surface area contributed by atoms with Crippen LogP contribution in [0, 0.1) is 5.92 Å². The van der Waals surface area contributed by atoms with Crippen molar-refractivity contribution in [2.75, 3.05) is 12.3 Å². The van der Waals surface area contributed by atoms with Gasteiger partial charge in [-0.1, -0.05) is 44.2 Å². The second kappa shape index (κ2) is 8.99. The van der Waals surface area contributed by atoms with Crippen LogP contribution in [0.5, 0.6) is 0 Å². The average molecular weight is 281 g/mol. The maximum absolute atomic E-state index is 11.1. The molecule has 3 nitrogen and oxygen atoms in total. The highest BCUT2D eigenvalue weighted by atomic mass is 32.2. The SMILES string of the molecule is CC(C)C[C@H](NCCSCc1ccccc1)C(=O)O. The Labute approximate surface area is 119 Å². The van der Waals surface area contributed by atoms with Crippen molar-refractivity contribution in [2.24, 2.45) is 5.92 Å². The van der Waals surface area contributed by atoms with Crippen molar-refractivity contribution in [1.29, 1.82) is 0 Å². The molecule has 0 aliphatic rings. The van der Waals surface area contributed by atoms with Crippen molar-refractivity contribution in [3.8, 4) is 0 Å². The summed E-state index contributed by atoms with van der Waals surface area (Å²) in [6.45, 7) is 4.82. The molecule has 0 aromatic heterocycles. The molecule has 0 unspecified atom stereocenters. The number of aliphatic carboxylic acids is 1. The van der Waals surface area contributed by atoms with Crippen molar-refractivity contribution in [3.63, 3.8) is 0 Å². The number of benzene rings is 1. The molecule has 0 saturated carbocycles. The van der Waals surface area contributed by atoms with Crippen molar-refractivity contribution in [3.05, 3.63) is 35.9 Å². The van der Waals surface area contributed by atoms with Crippen LogP contribution in [-0.4, -0.2) is 29.4 Å². The number of carbonyl (C=O) groups is 1. The highest BCUT2D eigenvalue weighted by Gasteiger charge is 2.17. The molecule has 0 aliphatic heterocycles. The molecule has 1 aromatic rings. The van der Waals surface area contributed by atoms with E-state index in [1.165, 1.54) is 5.56 Å². The maximum atomic E-state index is 11.1. The molecule has 0 heterocycles. The summed E-state index contributed by atoms with van der Waals surface area (Å²) in [6, 6.07) is 9.89. The van der Waals surface area contributed by atoms with Crippen molar-refractivity contribution < 1.29 is 9.90 Å². The van der Waals surface area contributed by atoms with Gasteiger partial charge in [-0.05, 0) is 17.9 Å². The van der Waals surface area contributed by atoms with E-state index in [1.807, 2.05) is 43.8 Å². The Bertz CT molecular complexity index is 368. The third-order valence-electron chi connectivity index (χ3n) is 2.75. The Balaban J connectivity index is 2.16. The van der Waals surface area contributed by atoms with E-state index < -0.39 is 12.0 Å². The molecule has 2 N–H and O–H groups in total. The van der Waals surface area contributed by atoms with E-state index in [1.54, 1.807) is 0 Å². The summed E-state index contributed by atoms with van der Waals surface area (Å²) in [5.74, 6) is 1.55. The van der Waals surface area contributed by atoms with Gasteiger partial charge in [-0.3, -0.25) is 4.79 Å². The molecular weight excluding hydrogens is 258 g/mol. The van der Waals surface area contributed by atoms with E-state index in [2.05, 4.69) is 17.4 Å². The molecule has 106 valence electrons. The molecule has 19 heavy (non-hydrogen) atoms. The first-order valence-electron chi connectivity index (χ1n) is 6.67. The van der Waals surface area contributed by atoms with Gasteiger partial charge in [0.25, 0.3) is 0 Å². The van der Waals surface area contributed by atoms with E-state index >= 15 is 0 Å². The van der Waals surface area contributed by atoms with Crippen molar-refractivity contribution in [1.82, 2.24) is 5.32 Å². The van der Waals surface area contributed by atoms with E-state index in [0.717, 1.165) is 18.1 Å². The van der Waals surface area contributed by atoms with E-state index in [4.69, 9.17) is 5.11 Å². The molecule has 0 saturated heterocycles. The van der Waals surface area contributed by atoms with Crippen LogP contribution in [0.3, 0.4) is 0 Å². The zero-order chi connectivity index (χ0) is 14.1. The monoisotopic (exact) mass is 281 g/mol. The van der Waals surface area contributed by atoms with Gasteiger partial charge in [0.05, 0.1) is 0 Å². The van der Waals surface area contributed by atoms with Gasteiger partial charge in [-0.2, -0.15) is 11.8 Å². The van der Waals surface area contributed by atoms with E-state index in [9.17, 15) is 4.79 Å². The van der Waals surface area contributed by atoms with Crippen molar-refractivity contribution in [2.45, 2.75) is 32.1 Å². The Kier molecular flexibility index (Phi) is 7.60. The first-order chi connectivity index (χ1) is 9.09. The third kappa shape index (κ3) is 7.23. The zero-order valence-corrected chi connectivity index (χ0v) is 12.5. The molecule has 0 spiro atoms. The molecule has 0 radical (unpaired) electrons. The summed E-state index contributed by atoms with van der Waals surface area (Å²) in [6.07, 6.45) is 0.679. The lowest BCUT2D eigenvalue weighted by Crippen LogP contribution is -2.38. The quantitative estimate of drug-likeness (QED) is 0.683. The zero-order valence-electron chi connectivity index (χ0n) is 11.6. The lowest BCUT2D eigenvalue weighted by atomic mass is 10.0. The fourth-order valence-corrected chi connectivity index (χ4v) is 2.65. The van der Waals surface area contributed by atoms with Gasteiger partial charge in [0, 0.05) is 18.1 Å². The molecule has 0 aliphatic carbocycles. The highest BCUT2D eigenvalue weighted by molar-refractivity contribution is 7.98. The summed E-state index contributed by atoms with van der Waals surface area (Å²) in [7, 11) is 0. The van der Waals surface area contributed by atoms with Crippen LogP contribution in [0.15, 0.2) is 30.3 Å². The highest BCUT2D eigenvalue weighted by Crippen LogP contribution is 2.11. The van der Waals surface area contributed by atoms with Gasteiger partial charge in [0.2, 0.25) is 0 Å². The number of thioether (sulfide) groups is 1. The summed E-state index contributed by atoms with van der Waals surface area (Å²) >= 11 is 1.82. The van der Waals surface area contributed by atoms with Gasteiger partial charge in [0.1, 0.15) is 6.04 Å². The minimum Gasteiger partial charge on any atom is -0.480 e. The van der Waals surface area contributed by atoms with Crippen molar-refractivity contribution >= 4 is 17.7 Å². The Hall–Kier alpha value is -1.00. The number of hydrogen-bond donors (Lipinski definition) is 2. The van der Waals surface area contributed by atoms with Crippen LogP contribution < -0.4 is 5.32 Å². The van der Waals surface area contributed by atoms with Crippen LogP contribution >= 0.6 is 11.8 Å². The number of carboxylic acid groups (broad SMARTS) is 1. The molecular formula is C15H23NO2S. The fourth-order valence-electron chi connectivity index (χ4n) is 1.81. The van der Waals surface area contributed by atoms with Gasteiger partial charge in [-0.25, -0.2) is 0 Å². The average Bonchev–Trinajstić information content (AvgIpc) is 2.37. The van der Waals surface area contributed by atoms with Gasteiger partial charge in [0.15, 0.2) is 0 Å². The van der Waals surface area contributed by atoms with Gasteiger partial charge < -0.3 is 10.4 Å². The van der Waals surface area contributed by atoms with Crippen LogP contribution in [0.4, 0.5) is 0 Å². The van der Waals surface area contributed by atoms with Crippen LogP contribution in [0.2, 0.25) is 0 Å². The molecule has 1 atom stereocenters. The standard InChI is InChI=1S/C15H23NO2S/c1-12(2)10-14(15(17)18)16-8-9-19-11-13-6-4-3-5-7-13/h3-7,12,14,16H,8-11H2,1-2H3,(H,17,18)/t14-/m0/s1. The van der Waals surface area contributed by atoms with Gasteiger partial charge in [-0.15, -0.1) is 0 Å². The molecule has 4 heteroatoms. The molecule has 1 rings (SSSR count). The smallest absolute Gasteiger partial charge is 0.320 e. The summed E-state index contributed by atoms with van der Waals surface area (Å²) in [5.41, 5.74) is 1.31. The first kappa shape index (κ1) is 16.1. The van der Waals surface area contributed by atoms with Crippen LogP contribution in [0.1, 0.15) is 25.8 Å². The van der Waals surface area contributed by atoms with Crippen LogP contribution in [0.25, 0.3) is 0 Å². The topological polar surface area (TPSA) is 49.3 Å². The predicted octanol–water partition coefficient (Wildman–Crippen LogP) is 3.01. The molecule has 0 fully saturated rings. The largest absolute Gasteiger partial charge is 0.480 e. The second-order valence-electron chi connectivity index (χ2n) is 5.01. The number of carboxylic acids is 1. The van der Waals surface area contributed by atoms with E-state index in [-0.39, 0.29) is 0 Å². The van der Waals surface area contributed by atoms with E-state index in [0.29, 0.717) is 12.3 Å². The number of rotatable bonds is 9. The first-order valence-corrected chi connectivity index (χ1v) is 7.83. The summed E-state index contributed by atoms with van der Waals surface area (Å²) in [5, 5.41) is 12.2. The molecule has 0 amide bonds. The normalized spacial score (nSPS) is 12.6. The Morgan fingerprint density at radius 3 is 2.58 bits per heavy atom. The molecule has 0 bridgehead atoms. The summed E-state index contributed by atoms with van der Waals surface area (Å²) < 4.78 is 0. The minimum atomic E-state index is -0.748. The third-order valence-corrected chi connectivity index (χ3v) is 3.78. The predicted molar refractivity (Wildman–Crippen MR) is 81.5 cm³/mol. The molecule has 1 aromatic carbocycles. The lowest BCUT2D eigenvalue weighted by Gasteiger charge is -2.16. The summed E-state index contributed by atoms with van der Waals surface area (Å²) in [4.78, 5) is 11.1. The van der Waals surface area contributed by atoms with Crippen LogP contribution in [-0.2, 0) is 10.5 Å². The number of hydrogen-bond acceptors (Lipinski definition) is 3. The Morgan fingerprint density at radius 2 is 2.00 bits per heavy atom. The lowest BCUT2D eigenvalue weighted by molar-refractivity contribution is -0.139. The number of nitrogens with one attached hydrogen (secondary N) is 1. The fraction of sp³-hybridized carbons (Fsp3) is 0.533. The Morgan fingerprint density at radius 1 is 1.32 bits per heavy atom. The second-order valence-corrected chi connectivity index (χ2v) is 6.12. The minimum absolute atomic E-state index is 0.394.